The molecule has 0 aliphatic rings. The van der Waals surface area contributed by atoms with Crippen LogP contribution in [0.4, 0.5) is 0 Å². The number of carbonyl (C=O) groups is 3. The van der Waals surface area contributed by atoms with Gasteiger partial charge in [-0.15, -0.1) is 0 Å². The van der Waals surface area contributed by atoms with Crippen molar-refractivity contribution in [2.24, 2.45) is 5.41 Å². The number of ether oxygens (including phenoxy) is 1. The maximum atomic E-state index is 11.8. The van der Waals surface area contributed by atoms with Crippen LogP contribution in [0.15, 0.2) is 24.3 Å². The van der Waals surface area contributed by atoms with Crippen LogP contribution in [-0.4, -0.2) is 36.0 Å². The normalized spacial score (nSPS) is 10.8. The molecule has 0 fully saturated rings. The van der Waals surface area contributed by atoms with Crippen LogP contribution in [0, 0.1) is 5.41 Å². The fourth-order valence-electron chi connectivity index (χ4n) is 1.90. The molecule has 1 aromatic rings. The maximum absolute atomic E-state index is 11.8. The molecule has 3 N–H and O–H groups in total. The summed E-state index contributed by atoms with van der Waals surface area (Å²) in [6.45, 7) is 5.89. The van der Waals surface area contributed by atoms with Crippen molar-refractivity contribution in [3.05, 3.63) is 29.8 Å². The first kappa shape index (κ1) is 20.5. The fraction of sp³-hybridized carbons (Fsp3) is 0.500. The van der Waals surface area contributed by atoms with E-state index in [1.807, 2.05) is 26.8 Å². The van der Waals surface area contributed by atoms with Crippen LogP contribution in [0.2, 0.25) is 0 Å². The number of aliphatic carboxylic acids is 1. The lowest BCUT2D eigenvalue weighted by molar-refractivity contribution is -0.139. The fourth-order valence-corrected chi connectivity index (χ4v) is 1.90. The average molecular weight is 350 g/mol. The quantitative estimate of drug-likeness (QED) is 0.588. The smallest absolute Gasteiger partial charge is 0.341 e. The first-order valence-corrected chi connectivity index (χ1v) is 8.17. The molecule has 0 unspecified atom stereocenters. The highest BCUT2D eigenvalue weighted by atomic mass is 16.5. The van der Waals surface area contributed by atoms with Crippen LogP contribution >= 0.6 is 0 Å². The molecule has 138 valence electrons. The van der Waals surface area contributed by atoms with E-state index in [9.17, 15) is 14.4 Å². The minimum absolute atomic E-state index is 0.0360. The van der Waals surface area contributed by atoms with Gasteiger partial charge in [0.15, 0.2) is 6.61 Å². The first-order valence-electron chi connectivity index (χ1n) is 8.17. The Bertz CT molecular complexity index is 608. The highest BCUT2D eigenvalue weighted by Crippen LogP contribution is 2.13. The molecule has 0 radical (unpaired) electrons. The van der Waals surface area contributed by atoms with Crippen LogP contribution in [0.3, 0.4) is 0 Å². The van der Waals surface area contributed by atoms with E-state index in [4.69, 9.17) is 9.84 Å². The number of carbonyl (C=O) groups excluding carboxylic acids is 2. The molecule has 0 heterocycles. The topological polar surface area (TPSA) is 105 Å². The zero-order valence-corrected chi connectivity index (χ0v) is 14.9. The molecule has 0 saturated carbocycles. The van der Waals surface area contributed by atoms with Gasteiger partial charge in [0.1, 0.15) is 5.75 Å². The monoisotopic (exact) mass is 350 g/mol. The Hall–Kier alpha value is -2.57. The van der Waals surface area contributed by atoms with Crippen molar-refractivity contribution in [1.82, 2.24) is 10.6 Å². The molecule has 25 heavy (non-hydrogen) atoms. The van der Waals surface area contributed by atoms with Crippen molar-refractivity contribution in [1.29, 1.82) is 0 Å². The van der Waals surface area contributed by atoms with Crippen LogP contribution < -0.4 is 15.4 Å². The van der Waals surface area contributed by atoms with Gasteiger partial charge in [0, 0.05) is 24.9 Å². The third kappa shape index (κ3) is 8.74. The van der Waals surface area contributed by atoms with Gasteiger partial charge in [-0.25, -0.2) is 4.79 Å². The molecule has 2 amide bonds. The van der Waals surface area contributed by atoms with E-state index in [0.29, 0.717) is 31.7 Å². The van der Waals surface area contributed by atoms with Crippen LogP contribution in [0.5, 0.6) is 5.75 Å². The molecule has 0 aliphatic heterocycles. The first-order chi connectivity index (χ1) is 11.7. The van der Waals surface area contributed by atoms with Gasteiger partial charge in [-0.05, 0) is 24.1 Å². The van der Waals surface area contributed by atoms with E-state index in [1.165, 1.54) is 0 Å². The zero-order chi connectivity index (χ0) is 18.9. The lowest BCUT2D eigenvalue weighted by Crippen LogP contribution is -2.35. The number of amides is 2. The van der Waals surface area contributed by atoms with Crippen molar-refractivity contribution >= 4 is 17.8 Å². The molecule has 7 nitrogen and oxygen atoms in total. The second kappa shape index (κ2) is 9.66. The lowest BCUT2D eigenvalue weighted by Gasteiger charge is -2.17. The Morgan fingerprint density at radius 2 is 1.88 bits per heavy atom. The van der Waals surface area contributed by atoms with Crippen LogP contribution in [-0.2, 0) is 20.9 Å². The van der Waals surface area contributed by atoms with Gasteiger partial charge in [0.25, 0.3) is 0 Å². The predicted octanol–water partition coefficient (Wildman–Crippen LogP) is 1.71. The summed E-state index contributed by atoms with van der Waals surface area (Å²) in [7, 11) is 0. The van der Waals surface area contributed by atoms with E-state index in [0.717, 1.165) is 5.56 Å². The minimum Gasteiger partial charge on any atom is -0.482 e. The summed E-state index contributed by atoms with van der Waals surface area (Å²) in [5, 5.41) is 14.2. The SMILES string of the molecule is CC(C)(C)C(=O)NCCCC(=O)NCc1cccc(OCC(=O)O)c1. The second-order valence-corrected chi connectivity index (χ2v) is 6.72. The zero-order valence-electron chi connectivity index (χ0n) is 14.9. The molecule has 0 aromatic heterocycles. The highest BCUT2D eigenvalue weighted by molar-refractivity contribution is 5.81. The number of benzene rings is 1. The number of rotatable bonds is 9. The van der Waals surface area contributed by atoms with Gasteiger partial charge in [-0.2, -0.15) is 0 Å². The molecule has 7 heteroatoms. The second-order valence-electron chi connectivity index (χ2n) is 6.72. The number of carboxylic acid groups (broad SMARTS) is 1. The molecule has 1 rings (SSSR count). The summed E-state index contributed by atoms with van der Waals surface area (Å²) in [5.41, 5.74) is 0.382. The highest BCUT2D eigenvalue weighted by Gasteiger charge is 2.20. The molecule has 0 aliphatic carbocycles. The standard InChI is InChI=1S/C18H26N2O5/c1-18(2,3)17(24)19-9-5-8-15(21)20-11-13-6-4-7-14(10-13)25-12-16(22)23/h4,6-7,10H,5,8-9,11-12H2,1-3H3,(H,19,24)(H,20,21)(H,22,23). The summed E-state index contributed by atoms with van der Waals surface area (Å²) in [5.74, 6) is -0.746. The van der Waals surface area contributed by atoms with Gasteiger partial charge >= 0.3 is 5.97 Å². The van der Waals surface area contributed by atoms with Gasteiger partial charge < -0.3 is 20.5 Å². The van der Waals surface area contributed by atoms with Crippen molar-refractivity contribution in [2.75, 3.05) is 13.2 Å². The van der Waals surface area contributed by atoms with Crippen LogP contribution in [0.1, 0.15) is 39.2 Å². The van der Waals surface area contributed by atoms with Crippen molar-refractivity contribution in [3.63, 3.8) is 0 Å². The van der Waals surface area contributed by atoms with Gasteiger partial charge in [-0.3, -0.25) is 9.59 Å². The average Bonchev–Trinajstić information content (AvgIpc) is 2.54. The van der Waals surface area contributed by atoms with Crippen molar-refractivity contribution in [3.8, 4) is 5.75 Å². The van der Waals surface area contributed by atoms with Crippen molar-refractivity contribution in [2.45, 2.75) is 40.2 Å². The summed E-state index contributed by atoms with van der Waals surface area (Å²) in [4.78, 5) is 34.0. The largest absolute Gasteiger partial charge is 0.482 e. The third-order valence-electron chi connectivity index (χ3n) is 3.30. The Labute approximate surface area is 147 Å². The maximum Gasteiger partial charge on any atom is 0.341 e. The van der Waals surface area contributed by atoms with Crippen LogP contribution in [0.25, 0.3) is 0 Å². The number of hydrogen-bond acceptors (Lipinski definition) is 4. The Morgan fingerprint density at radius 3 is 2.52 bits per heavy atom. The van der Waals surface area contributed by atoms with E-state index < -0.39 is 18.0 Å². The number of nitrogens with one attached hydrogen (secondary N) is 2. The van der Waals surface area contributed by atoms with E-state index in [2.05, 4.69) is 10.6 Å². The van der Waals surface area contributed by atoms with E-state index in [-0.39, 0.29) is 11.8 Å². The molecule has 0 bridgehead atoms. The molecular weight excluding hydrogens is 324 g/mol. The van der Waals surface area contributed by atoms with Gasteiger partial charge in [-0.1, -0.05) is 32.9 Å². The lowest BCUT2D eigenvalue weighted by atomic mass is 9.96. The minimum atomic E-state index is -1.04. The van der Waals surface area contributed by atoms with E-state index >= 15 is 0 Å². The summed E-state index contributed by atoms with van der Waals surface area (Å²) in [6.07, 6.45) is 0.884. The Morgan fingerprint density at radius 1 is 1.16 bits per heavy atom. The Kier molecular flexibility index (Phi) is 7.91. The molecule has 1 aromatic carbocycles. The third-order valence-corrected chi connectivity index (χ3v) is 3.30. The molecule has 0 atom stereocenters. The number of carboxylic acids is 1. The molecule has 0 saturated heterocycles. The van der Waals surface area contributed by atoms with Gasteiger partial charge in [0.2, 0.25) is 11.8 Å². The summed E-state index contributed by atoms with van der Waals surface area (Å²) >= 11 is 0. The molecular formula is C18H26N2O5. The Balaban J connectivity index is 2.29. The van der Waals surface area contributed by atoms with E-state index in [1.54, 1.807) is 18.2 Å². The van der Waals surface area contributed by atoms with Crippen molar-refractivity contribution < 1.29 is 24.2 Å². The summed E-state index contributed by atoms with van der Waals surface area (Å²) in [6, 6.07) is 6.90. The predicted molar refractivity (Wildman–Crippen MR) is 93.1 cm³/mol. The number of hydrogen-bond donors (Lipinski definition) is 3. The summed E-state index contributed by atoms with van der Waals surface area (Å²) < 4.78 is 5.09. The molecule has 0 spiro atoms. The van der Waals surface area contributed by atoms with Gasteiger partial charge in [0.05, 0.1) is 0 Å².